The lowest BCUT2D eigenvalue weighted by atomic mass is 9.95. The number of ether oxygens (including phenoxy) is 1. The van der Waals surface area contributed by atoms with Crippen LogP contribution in [0, 0.1) is 10.1 Å². The van der Waals surface area contributed by atoms with E-state index in [9.17, 15) is 14.9 Å². The maximum Gasteiger partial charge on any atom is 0.330 e. The van der Waals surface area contributed by atoms with E-state index >= 15 is 0 Å². The number of nitro groups is 1. The predicted molar refractivity (Wildman–Crippen MR) is 51.5 cm³/mol. The molecule has 0 heterocycles. The molecule has 0 aliphatic heterocycles. The van der Waals surface area contributed by atoms with Crippen LogP contribution in [0.5, 0.6) is 0 Å². The Bertz CT molecular complexity index is 233. The number of hydrogen-bond acceptors (Lipinski definition) is 4. The summed E-state index contributed by atoms with van der Waals surface area (Å²) in [7, 11) is 0. The van der Waals surface area contributed by atoms with Gasteiger partial charge in [-0.1, -0.05) is 20.4 Å². The van der Waals surface area contributed by atoms with Gasteiger partial charge in [0, 0.05) is 23.8 Å². The number of esters is 1. The van der Waals surface area contributed by atoms with Gasteiger partial charge in [0.2, 0.25) is 0 Å². The lowest BCUT2D eigenvalue weighted by Gasteiger charge is -2.21. The van der Waals surface area contributed by atoms with Gasteiger partial charge in [-0.3, -0.25) is 10.1 Å². The zero-order chi connectivity index (χ0) is 11.2. The zero-order valence-corrected chi connectivity index (χ0v) is 8.49. The van der Waals surface area contributed by atoms with Gasteiger partial charge in [-0.25, -0.2) is 4.79 Å². The van der Waals surface area contributed by atoms with Gasteiger partial charge in [0.25, 0.3) is 5.54 Å². The van der Waals surface area contributed by atoms with Crippen molar-refractivity contribution in [1.29, 1.82) is 0 Å². The molecule has 0 aliphatic carbocycles. The van der Waals surface area contributed by atoms with Crippen LogP contribution >= 0.6 is 0 Å². The van der Waals surface area contributed by atoms with Crippen LogP contribution in [0.15, 0.2) is 12.7 Å². The Labute approximate surface area is 82.9 Å². The Hall–Kier alpha value is -1.39. The third kappa shape index (κ3) is 2.83. The van der Waals surface area contributed by atoms with E-state index in [2.05, 4.69) is 6.58 Å². The fraction of sp³-hybridized carbons (Fsp3) is 0.667. The van der Waals surface area contributed by atoms with Crippen LogP contribution < -0.4 is 0 Å². The SMILES string of the molecule is C=CC(=O)OCC(CC)(CC)[N+](=O)[O-]. The molecular weight excluding hydrogens is 186 g/mol. The third-order valence-electron chi connectivity index (χ3n) is 2.35. The van der Waals surface area contributed by atoms with Gasteiger partial charge in [-0.15, -0.1) is 0 Å². The Morgan fingerprint density at radius 3 is 2.36 bits per heavy atom. The molecule has 0 fully saturated rings. The van der Waals surface area contributed by atoms with Gasteiger partial charge in [0.1, 0.15) is 0 Å². The van der Waals surface area contributed by atoms with Crippen molar-refractivity contribution in [2.24, 2.45) is 0 Å². The fourth-order valence-corrected chi connectivity index (χ4v) is 1.03. The Morgan fingerprint density at radius 2 is 2.07 bits per heavy atom. The molecule has 5 heteroatoms. The molecule has 0 aromatic carbocycles. The standard InChI is InChI=1S/C9H15NO4/c1-4-8(11)14-7-9(5-2,6-3)10(12)13/h4H,1,5-7H2,2-3H3. The van der Waals surface area contributed by atoms with E-state index in [0.29, 0.717) is 12.8 Å². The fourth-order valence-electron chi connectivity index (χ4n) is 1.03. The first-order chi connectivity index (χ1) is 6.52. The van der Waals surface area contributed by atoms with Crippen LogP contribution in [0.2, 0.25) is 0 Å². The maximum atomic E-state index is 10.8. The van der Waals surface area contributed by atoms with Crippen LogP contribution in [0.4, 0.5) is 0 Å². The predicted octanol–water partition coefficient (Wildman–Crippen LogP) is 1.55. The summed E-state index contributed by atoms with van der Waals surface area (Å²) in [4.78, 5) is 21.1. The van der Waals surface area contributed by atoms with Crippen molar-refractivity contribution in [3.8, 4) is 0 Å². The Morgan fingerprint density at radius 1 is 1.57 bits per heavy atom. The van der Waals surface area contributed by atoms with Gasteiger partial charge in [-0.2, -0.15) is 0 Å². The van der Waals surface area contributed by atoms with E-state index in [-0.39, 0.29) is 11.5 Å². The van der Waals surface area contributed by atoms with Gasteiger partial charge < -0.3 is 4.74 Å². The van der Waals surface area contributed by atoms with E-state index in [1.807, 2.05) is 0 Å². The largest absolute Gasteiger partial charge is 0.455 e. The molecule has 0 saturated carbocycles. The summed E-state index contributed by atoms with van der Waals surface area (Å²) in [5, 5.41) is 10.8. The quantitative estimate of drug-likeness (QED) is 0.283. The molecule has 0 amide bonds. The van der Waals surface area contributed by atoms with E-state index in [1.165, 1.54) is 0 Å². The minimum Gasteiger partial charge on any atom is -0.455 e. The molecule has 5 nitrogen and oxygen atoms in total. The van der Waals surface area contributed by atoms with Crippen molar-refractivity contribution in [3.63, 3.8) is 0 Å². The summed E-state index contributed by atoms with van der Waals surface area (Å²) in [5.74, 6) is -0.627. The van der Waals surface area contributed by atoms with Crippen molar-refractivity contribution in [2.75, 3.05) is 6.61 Å². The summed E-state index contributed by atoms with van der Waals surface area (Å²) in [6.07, 6.45) is 1.66. The molecule has 0 radical (unpaired) electrons. The molecule has 0 aliphatic rings. The monoisotopic (exact) mass is 201 g/mol. The molecule has 0 spiro atoms. The molecule has 14 heavy (non-hydrogen) atoms. The number of nitrogens with zero attached hydrogens (tertiary/aromatic N) is 1. The molecule has 0 unspecified atom stereocenters. The highest BCUT2D eigenvalue weighted by Crippen LogP contribution is 2.19. The molecule has 0 bridgehead atoms. The molecule has 0 aromatic rings. The molecule has 0 N–H and O–H groups in total. The first-order valence-corrected chi connectivity index (χ1v) is 4.46. The van der Waals surface area contributed by atoms with Crippen LogP contribution in [-0.2, 0) is 9.53 Å². The van der Waals surface area contributed by atoms with Gasteiger partial charge in [0.15, 0.2) is 6.61 Å². The van der Waals surface area contributed by atoms with Gasteiger partial charge in [0.05, 0.1) is 0 Å². The number of carbonyl (C=O) groups is 1. The van der Waals surface area contributed by atoms with Gasteiger partial charge >= 0.3 is 5.97 Å². The van der Waals surface area contributed by atoms with Crippen molar-refractivity contribution in [3.05, 3.63) is 22.8 Å². The normalized spacial score (nSPS) is 10.7. The molecular formula is C9H15NO4. The Balaban J connectivity index is 4.44. The molecule has 80 valence electrons. The van der Waals surface area contributed by atoms with Crippen LogP contribution in [0.3, 0.4) is 0 Å². The van der Waals surface area contributed by atoms with E-state index in [0.717, 1.165) is 6.08 Å². The zero-order valence-electron chi connectivity index (χ0n) is 8.49. The highest BCUT2D eigenvalue weighted by atomic mass is 16.6. The minimum absolute atomic E-state index is 0.197. The summed E-state index contributed by atoms with van der Waals surface area (Å²) in [6.45, 7) is 6.42. The van der Waals surface area contributed by atoms with Crippen LogP contribution in [0.25, 0.3) is 0 Å². The molecule has 0 rings (SSSR count). The lowest BCUT2D eigenvalue weighted by molar-refractivity contribution is -0.574. The first kappa shape index (κ1) is 12.6. The van der Waals surface area contributed by atoms with Crippen molar-refractivity contribution >= 4 is 5.97 Å². The summed E-state index contributed by atoms with van der Waals surface area (Å²) in [5.41, 5.74) is -1.15. The lowest BCUT2D eigenvalue weighted by Crippen LogP contribution is -2.42. The Kier molecular flexibility index (Phi) is 4.83. The number of rotatable bonds is 6. The molecule has 0 saturated heterocycles. The topological polar surface area (TPSA) is 69.4 Å². The molecule has 0 aromatic heterocycles. The van der Waals surface area contributed by atoms with E-state index < -0.39 is 11.5 Å². The smallest absolute Gasteiger partial charge is 0.330 e. The summed E-state index contributed by atoms with van der Waals surface area (Å²) in [6, 6.07) is 0. The maximum absolute atomic E-state index is 10.8. The number of hydrogen-bond donors (Lipinski definition) is 0. The van der Waals surface area contributed by atoms with Gasteiger partial charge in [-0.05, 0) is 0 Å². The second kappa shape index (κ2) is 5.36. The van der Waals surface area contributed by atoms with Crippen LogP contribution in [0.1, 0.15) is 26.7 Å². The molecule has 0 atom stereocenters. The average molecular weight is 201 g/mol. The summed E-state index contributed by atoms with van der Waals surface area (Å²) < 4.78 is 4.70. The van der Waals surface area contributed by atoms with Crippen molar-refractivity contribution in [1.82, 2.24) is 0 Å². The second-order valence-electron chi connectivity index (χ2n) is 3.00. The van der Waals surface area contributed by atoms with Crippen molar-refractivity contribution in [2.45, 2.75) is 32.2 Å². The van der Waals surface area contributed by atoms with E-state index in [4.69, 9.17) is 4.74 Å². The number of carbonyl (C=O) groups excluding carboxylic acids is 1. The minimum atomic E-state index is -1.15. The third-order valence-corrected chi connectivity index (χ3v) is 2.35. The highest BCUT2D eigenvalue weighted by molar-refractivity contribution is 5.81. The first-order valence-electron chi connectivity index (χ1n) is 4.46. The average Bonchev–Trinajstić information content (AvgIpc) is 2.19. The highest BCUT2D eigenvalue weighted by Gasteiger charge is 2.40. The van der Waals surface area contributed by atoms with Crippen molar-refractivity contribution < 1.29 is 14.5 Å². The second-order valence-corrected chi connectivity index (χ2v) is 3.00. The van der Waals surface area contributed by atoms with Crippen LogP contribution in [-0.4, -0.2) is 23.0 Å². The summed E-state index contributed by atoms with van der Waals surface area (Å²) >= 11 is 0. The van der Waals surface area contributed by atoms with E-state index in [1.54, 1.807) is 13.8 Å².